The summed E-state index contributed by atoms with van der Waals surface area (Å²) in [4.78, 5) is 29.7. The zero-order chi connectivity index (χ0) is 22.2. The normalized spacial score (nSPS) is 12.6. The van der Waals surface area contributed by atoms with Crippen molar-refractivity contribution in [3.8, 4) is 0 Å². The summed E-state index contributed by atoms with van der Waals surface area (Å²) in [5.41, 5.74) is 8.61. The topological polar surface area (TPSA) is 118 Å². The third-order valence-electron chi connectivity index (χ3n) is 4.86. The van der Waals surface area contributed by atoms with E-state index >= 15 is 0 Å². The largest absolute Gasteiger partial charge is 0.397 e. The number of amides is 2. The number of pyridine rings is 1. The molecule has 1 fully saturated rings. The average Bonchev–Trinajstić information content (AvgIpc) is 3.47. The first-order chi connectivity index (χ1) is 15.0. The van der Waals surface area contributed by atoms with Gasteiger partial charge in [-0.1, -0.05) is 12.1 Å². The number of aromatic nitrogens is 3. The lowest BCUT2D eigenvalue weighted by molar-refractivity contribution is 0.0960. The fourth-order valence-corrected chi connectivity index (χ4v) is 3.15. The fraction of sp³-hybridized carbons (Fsp3) is 0.273. The molecule has 162 valence electrons. The van der Waals surface area contributed by atoms with Crippen LogP contribution in [0.3, 0.4) is 0 Å². The van der Waals surface area contributed by atoms with Crippen molar-refractivity contribution < 1.29 is 9.59 Å². The minimum Gasteiger partial charge on any atom is -0.397 e. The van der Waals surface area contributed by atoms with Crippen molar-refractivity contribution >= 4 is 28.9 Å². The molecule has 9 nitrogen and oxygen atoms in total. The van der Waals surface area contributed by atoms with Gasteiger partial charge in [0.05, 0.1) is 28.8 Å². The minimum atomic E-state index is -0.383. The number of carbonyl (C=O) groups is 2. The predicted octanol–water partition coefficient (Wildman–Crippen LogP) is 2.30. The molecule has 0 spiro atoms. The van der Waals surface area contributed by atoms with E-state index in [0.717, 1.165) is 0 Å². The molecule has 2 aromatic heterocycles. The van der Waals surface area contributed by atoms with E-state index in [1.54, 1.807) is 24.3 Å². The van der Waals surface area contributed by atoms with Crippen molar-refractivity contribution in [3.05, 3.63) is 66.2 Å². The van der Waals surface area contributed by atoms with Gasteiger partial charge in [-0.3, -0.25) is 19.3 Å². The number of hydrogen-bond donors (Lipinski definition) is 3. The van der Waals surface area contributed by atoms with Crippen LogP contribution in [0.15, 0.2) is 55.0 Å². The lowest BCUT2D eigenvalue weighted by Crippen LogP contribution is -2.19. The van der Waals surface area contributed by atoms with Crippen molar-refractivity contribution in [1.82, 2.24) is 20.1 Å². The number of hydrogen-bond acceptors (Lipinski definition) is 6. The maximum Gasteiger partial charge on any atom is 0.274 e. The van der Waals surface area contributed by atoms with Crippen LogP contribution in [-0.4, -0.2) is 46.7 Å². The van der Waals surface area contributed by atoms with E-state index in [2.05, 4.69) is 31.8 Å². The third-order valence-corrected chi connectivity index (χ3v) is 4.86. The smallest absolute Gasteiger partial charge is 0.274 e. The van der Waals surface area contributed by atoms with Crippen molar-refractivity contribution in [2.45, 2.75) is 12.8 Å². The van der Waals surface area contributed by atoms with Gasteiger partial charge in [0.2, 0.25) is 0 Å². The van der Waals surface area contributed by atoms with Gasteiger partial charge in [-0.15, -0.1) is 0 Å². The van der Waals surface area contributed by atoms with Crippen molar-refractivity contribution in [3.63, 3.8) is 0 Å². The number of nitrogens with one attached hydrogen (secondary N) is 2. The van der Waals surface area contributed by atoms with Crippen molar-refractivity contribution in [1.29, 1.82) is 0 Å². The molecule has 4 N–H and O–H groups in total. The summed E-state index contributed by atoms with van der Waals surface area (Å²) in [6.45, 7) is 2.40. The van der Waals surface area contributed by atoms with Crippen LogP contribution in [0, 0.1) is 0 Å². The van der Waals surface area contributed by atoms with E-state index in [-0.39, 0.29) is 17.5 Å². The molecule has 0 saturated carbocycles. The number of nitrogen functional groups attached to an aromatic ring is 1. The van der Waals surface area contributed by atoms with Gasteiger partial charge < -0.3 is 21.3 Å². The predicted molar refractivity (Wildman–Crippen MR) is 121 cm³/mol. The molecule has 1 aliphatic rings. The molecule has 31 heavy (non-hydrogen) atoms. The first-order valence-corrected chi connectivity index (χ1v) is 10.1. The van der Waals surface area contributed by atoms with E-state index in [9.17, 15) is 9.59 Å². The molecule has 0 unspecified atom stereocenters. The first-order valence-electron chi connectivity index (χ1n) is 10.1. The Labute approximate surface area is 181 Å². The number of anilines is 3. The molecule has 0 radical (unpaired) electrons. The van der Waals surface area contributed by atoms with Crippen LogP contribution >= 0.6 is 0 Å². The summed E-state index contributed by atoms with van der Waals surface area (Å²) < 4.78 is 1.85. The Hall–Kier alpha value is -3.88. The Kier molecular flexibility index (Phi) is 7.21. The molecule has 1 saturated heterocycles. The van der Waals surface area contributed by atoms with Gasteiger partial charge in [0, 0.05) is 39.6 Å². The molecular weight excluding hydrogens is 394 g/mol. The van der Waals surface area contributed by atoms with Crippen LogP contribution < -0.4 is 21.3 Å². The molecule has 1 aromatic carbocycles. The Morgan fingerprint density at radius 2 is 1.77 bits per heavy atom. The number of nitrogens with zero attached hydrogens (tertiary/aromatic N) is 4. The van der Waals surface area contributed by atoms with Crippen molar-refractivity contribution in [2.75, 3.05) is 36.1 Å². The SMILES string of the molecule is CNC(=O)c1ccc(C(=O)Nc2ccccc2N)nc1.Cn1cc(N2CCCC2)cn1. The van der Waals surface area contributed by atoms with E-state index in [1.807, 2.05) is 17.9 Å². The van der Waals surface area contributed by atoms with Gasteiger partial charge in [0.25, 0.3) is 11.8 Å². The number of nitrogens with two attached hydrogens (primary N) is 1. The van der Waals surface area contributed by atoms with Gasteiger partial charge >= 0.3 is 0 Å². The second-order valence-electron chi connectivity index (χ2n) is 7.12. The standard InChI is InChI=1S/C14H14N4O2.C8H13N3/c1-16-13(19)9-6-7-12(17-8-9)14(20)18-11-5-3-2-4-10(11)15;1-10-7-8(6-9-10)11-4-2-3-5-11/h2-8H,15H2,1H3,(H,16,19)(H,18,20);6-7H,2-5H2,1H3. The summed E-state index contributed by atoms with van der Waals surface area (Å²) >= 11 is 0. The monoisotopic (exact) mass is 421 g/mol. The number of aryl methyl sites for hydroxylation is 1. The molecule has 3 heterocycles. The summed E-state index contributed by atoms with van der Waals surface area (Å²) in [7, 11) is 3.49. The van der Waals surface area contributed by atoms with Crippen LogP contribution in [0.25, 0.3) is 0 Å². The molecule has 2 amide bonds. The van der Waals surface area contributed by atoms with Crippen LogP contribution in [0.4, 0.5) is 17.1 Å². The highest BCUT2D eigenvalue weighted by molar-refractivity contribution is 6.04. The summed E-state index contributed by atoms with van der Waals surface area (Å²) in [6.07, 6.45) is 8.02. The highest BCUT2D eigenvalue weighted by Gasteiger charge is 2.13. The van der Waals surface area contributed by atoms with Crippen LogP contribution in [0.1, 0.15) is 33.7 Å². The van der Waals surface area contributed by atoms with E-state index in [4.69, 9.17) is 5.73 Å². The van der Waals surface area contributed by atoms with Gasteiger partial charge in [-0.05, 0) is 37.1 Å². The molecule has 4 rings (SSSR count). The highest BCUT2D eigenvalue weighted by Crippen LogP contribution is 2.18. The Balaban J connectivity index is 0.000000207. The van der Waals surface area contributed by atoms with Crippen LogP contribution in [0.5, 0.6) is 0 Å². The number of carbonyl (C=O) groups excluding carboxylic acids is 2. The lowest BCUT2D eigenvalue weighted by atomic mass is 10.2. The van der Waals surface area contributed by atoms with E-state index < -0.39 is 0 Å². The van der Waals surface area contributed by atoms with Gasteiger partial charge in [0.15, 0.2) is 0 Å². The maximum atomic E-state index is 12.0. The van der Waals surface area contributed by atoms with Crippen LogP contribution in [-0.2, 0) is 7.05 Å². The molecule has 9 heteroatoms. The Morgan fingerprint density at radius 3 is 2.35 bits per heavy atom. The summed E-state index contributed by atoms with van der Waals surface area (Å²) in [5, 5.41) is 9.28. The van der Waals surface area contributed by atoms with Gasteiger partial charge in [-0.25, -0.2) is 0 Å². The summed E-state index contributed by atoms with van der Waals surface area (Å²) in [6, 6.07) is 9.97. The quantitative estimate of drug-likeness (QED) is 0.556. The molecule has 3 aromatic rings. The zero-order valence-electron chi connectivity index (χ0n) is 17.7. The van der Waals surface area contributed by atoms with E-state index in [1.165, 1.54) is 57.0 Å². The molecule has 0 bridgehead atoms. The average molecular weight is 422 g/mol. The maximum absolute atomic E-state index is 12.0. The third kappa shape index (κ3) is 5.81. The lowest BCUT2D eigenvalue weighted by Gasteiger charge is -2.13. The highest BCUT2D eigenvalue weighted by atomic mass is 16.2. The zero-order valence-corrected chi connectivity index (χ0v) is 17.7. The second-order valence-corrected chi connectivity index (χ2v) is 7.12. The van der Waals surface area contributed by atoms with Gasteiger partial charge in [0.1, 0.15) is 5.69 Å². The number of para-hydroxylation sites is 2. The molecular formula is C22H27N7O2. The fourth-order valence-electron chi connectivity index (χ4n) is 3.15. The Morgan fingerprint density at radius 1 is 1.03 bits per heavy atom. The molecule has 1 aliphatic heterocycles. The summed E-state index contributed by atoms with van der Waals surface area (Å²) in [5.74, 6) is -0.636. The second kappa shape index (κ2) is 10.2. The Bertz CT molecular complexity index is 1020. The van der Waals surface area contributed by atoms with Crippen LogP contribution in [0.2, 0.25) is 0 Å². The molecule has 0 atom stereocenters. The van der Waals surface area contributed by atoms with Gasteiger partial charge in [-0.2, -0.15) is 5.10 Å². The molecule has 0 aliphatic carbocycles. The van der Waals surface area contributed by atoms with Crippen molar-refractivity contribution in [2.24, 2.45) is 7.05 Å². The minimum absolute atomic E-state index is 0.209. The number of rotatable bonds is 4. The number of benzene rings is 1. The first kappa shape index (κ1) is 21.8. The van der Waals surface area contributed by atoms with E-state index in [0.29, 0.717) is 16.9 Å².